The molecule has 19 heavy (non-hydrogen) atoms. The first-order chi connectivity index (χ1) is 8.90. The Bertz CT molecular complexity index is 650. The molecule has 0 aliphatic carbocycles. The molecule has 0 spiro atoms. The van der Waals surface area contributed by atoms with Gasteiger partial charge in [-0.15, -0.1) is 0 Å². The van der Waals surface area contributed by atoms with Crippen molar-refractivity contribution < 1.29 is 9.90 Å². The van der Waals surface area contributed by atoms with Crippen LogP contribution in [0.2, 0.25) is 0 Å². The van der Waals surface area contributed by atoms with Crippen LogP contribution in [-0.2, 0) is 18.9 Å². The van der Waals surface area contributed by atoms with Gasteiger partial charge in [0.15, 0.2) is 5.56 Å². The molecule has 1 rings (SSSR count). The van der Waals surface area contributed by atoms with Crippen molar-refractivity contribution in [2.24, 2.45) is 14.1 Å². The van der Waals surface area contributed by atoms with Gasteiger partial charge in [0.1, 0.15) is 11.9 Å². The molecule has 0 aliphatic heterocycles. The molecule has 0 bridgehead atoms. The number of carboxylic acids is 1. The number of aromatic nitrogens is 2. The Hall–Kier alpha value is -2.56. The van der Waals surface area contributed by atoms with Crippen molar-refractivity contribution in [3.05, 3.63) is 26.4 Å². The van der Waals surface area contributed by atoms with E-state index >= 15 is 0 Å². The molecule has 0 radical (unpaired) electrons. The second kappa shape index (κ2) is 5.86. The normalized spacial score (nSPS) is 9.95. The largest absolute Gasteiger partial charge is 0.481 e. The number of aliphatic carboxylic acids is 1. The predicted octanol–water partition coefficient (Wildman–Crippen LogP) is -0.768. The van der Waals surface area contributed by atoms with E-state index in [1.165, 1.54) is 14.1 Å². The maximum absolute atomic E-state index is 11.7. The zero-order valence-electron chi connectivity index (χ0n) is 10.6. The van der Waals surface area contributed by atoms with Gasteiger partial charge in [0.05, 0.1) is 0 Å². The number of nitrogens with one attached hydrogen (secondary N) is 1. The third-order valence-electron chi connectivity index (χ3n) is 2.64. The highest BCUT2D eigenvalue weighted by molar-refractivity contribution is 5.66. The second-order valence-electron chi connectivity index (χ2n) is 3.97. The summed E-state index contributed by atoms with van der Waals surface area (Å²) in [5, 5.41) is 20.2. The van der Waals surface area contributed by atoms with Crippen LogP contribution in [0.25, 0.3) is 0 Å². The fourth-order valence-electron chi connectivity index (χ4n) is 1.60. The quantitative estimate of drug-likeness (QED) is 0.676. The first kappa shape index (κ1) is 14.5. The van der Waals surface area contributed by atoms with Crippen LogP contribution in [0.1, 0.15) is 18.4 Å². The number of nitrogens with zero attached hydrogens (tertiary/aromatic N) is 3. The molecule has 0 unspecified atom stereocenters. The standard InChI is InChI=1S/C11H14N4O4/c1-14-9(13-5-3-4-8(16)17)7(6-12)10(18)15(2)11(14)19/h13H,3-5H2,1-2H3,(H,16,17). The van der Waals surface area contributed by atoms with Gasteiger partial charge >= 0.3 is 11.7 Å². The minimum absolute atomic E-state index is 0.0341. The summed E-state index contributed by atoms with van der Waals surface area (Å²) in [6, 6.07) is 1.75. The van der Waals surface area contributed by atoms with Gasteiger partial charge in [0.25, 0.3) is 5.56 Å². The van der Waals surface area contributed by atoms with Gasteiger partial charge in [-0.25, -0.2) is 4.79 Å². The van der Waals surface area contributed by atoms with Gasteiger partial charge in [-0.05, 0) is 6.42 Å². The molecule has 8 nitrogen and oxygen atoms in total. The summed E-state index contributed by atoms with van der Waals surface area (Å²) in [5.41, 5.74) is -1.39. The van der Waals surface area contributed by atoms with Crippen LogP contribution in [0, 0.1) is 11.3 Å². The van der Waals surface area contributed by atoms with Crippen molar-refractivity contribution >= 4 is 11.8 Å². The lowest BCUT2D eigenvalue weighted by Gasteiger charge is -2.13. The maximum Gasteiger partial charge on any atom is 0.332 e. The lowest BCUT2D eigenvalue weighted by Crippen LogP contribution is -2.40. The van der Waals surface area contributed by atoms with E-state index in [2.05, 4.69) is 5.32 Å². The molecule has 1 heterocycles. The highest BCUT2D eigenvalue weighted by Gasteiger charge is 2.14. The summed E-state index contributed by atoms with van der Waals surface area (Å²) in [6.07, 6.45) is 0.289. The smallest absolute Gasteiger partial charge is 0.332 e. The third kappa shape index (κ3) is 3.01. The minimum atomic E-state index is -0.930. The summed E-state index contributed by atoms with van der Waals surface area (Å²) in [4.78, 5) is 33.8. The fourth-order valence-corrected chi connectivity index (χ4v) is 1.60. The SMILES string of the molecule is Cn1c(NCCCC(=O)O)c(C#N)c(=O)n(C)c1=O. The van der Waals surface area contributed by atoms with Gasteiger partial charge in [-0.1, -0.05) is 0 Å². The van der Waals surface area contributed by atoms with Gasteiger partial charge in [-0.3, -0.25) is 18.7 Å². The zero-order valence-corrected chi connectivity index (χ0v) is 10.6. The van der Waals surface area contributed by atoms with Crippen molar-refractivity contribution in [1.82, 2.24) is 9.13 Å². The number of carbonyl (C=O) groups is 1. The minimum Gasteiger partial charge on any atom is -0.481 e. The van der Waals surface area contributed by atoms with E-state index in [0.29, 0.717) is 6.42 Å². The molecular weight excluding hydrogens is 252 g/mol. The molecule has 0 amide bonds. The summed E-state index contributed by atoms with van der Waals surface area (Å²) in [6.45, 7) is 0.251. The molecule has 0 aromatic carbocycles. The summed E-state index contributed by atoms with van der Waals surface area (Å²) >= 11 is 0. The highest BCUT2D eigenvalue weighted by atomic mass is 16.4. The lowest BCUT2D eigenvalue weighted by atomic mass is 10.3. The van der Waals surface area contributed by atoms with Crippen molar-refractivity contribution in [2.75, 3.05) is 11.9 Å². The average Bonchev–Trinajstić information content (AvgIpc) is 2.37. The Morgan fingerprint density at radius 1 is 1.37 bits per heavy atom. The first-order valence-electron chi connectivity index (χ1n) is 5.56. The van der Waals surface area contributed by atoms with E-state index in [1.807, 2.05) is 0 Å². The van der Waals surface area contributed by atoms with Gasteiger partial charge < -0.3 is 10.4 Å². The van der Waals surface area contributed by atoms with Crippen LogP contribution < -0.4 is 16.6 Å². The van der Waals surface area contributed by atoms with Gasteiger partial charge in [-0.2, -0.15) is 5.26 Å². The van der Waals surface area contributed by atoms with E-state index in [4.69, 9.17) is 10.4 Å². The van der Waals surface area contributed by atoms with E-state index in [0.717, 1.165) is 9.13 Å². The molecule has 1 aromatic rings. The molecule has 0 saturated heterocycles. The average molecular weight is 266 g/mol. The maximum atomic E-state index is 11.7. The zero-order chi connectivity index (χ0) is 14.6. The van der Waals surface area contributed by atoms with E-state index in [-0.39, 0.29) is 24.3 Å². The Balaban J connectivity index is 3.08. The summed E-state index contributed by atoms with van der Waals surface area (Å²) < 4.78 is 2.00. The van der Waals surface area contributed by atoms with Gasteiger partial charge in [0, 0.05) is 27.1 Å². The lowest BCUT2D eigenvalue weighted by molar-refractivity contribution is -0.137. The molecule has 0 atom stereocenters. The van der Waals surface area contributed by atoms with Crippen molar-refractivity contribution in [3.8, 4) is 6.07 Å². The van der Waals surface area contributed by atoms with Crippen LogP contribution in [0.4, 0.5) is 5.82 Å². The first-order valence-corrected chi connectivity index (χ1v) is 5.56. The third-order valence-corrected chi connectivity index (χ3v) is 2.64. The van der Waals surface area contributed by atoms with Crippen molar-refractivity contribution in [1.29, 1.82) is 5.26 Å². The molecule has 0 saturated carbocycles. The van der Waals surface area contributed by atoms with E-state index in [1.54, 1.807) is 6.07 Å². The molecule has 8 heteroatoms. The van der Waals surface area contributed by atoms with Crippen molar-refractivity contribution in [3.63, 3.8) is 0 Å². The number of anilines is 1. The molecule has 2 N–H and O–H groups in total. The summed E-state index contributed by atoms with van der Waals surface area (Å²) in [7, 11) is 2.72. The Morgan fingerprint density at radius 2 is 2.00 bits per heavy atom. The highest BCUT2D eigenvalue weighted by Crippen LogP contribution is 2.07. The monoisotopic (exact) mass is 266 g/mol. The topological polar surface area (TPSA) is 117 Å². The second-order valence-corrected chi connectivity index (χ2v) is 3.97. The fraction of sp³-hybridized carbons (Fsp3) is 0.455. The number of rotatable bonds is 5. The number of hydrogen-bond acceptors (Lipinski definition) is 5. The van der Waals surface area contributed by atoms with Crippen molar-refractivity contribution in [2.45, 2.75) is 12.8 Å². The van der Waals surface area contributed by atoms with Crippen LogP contribution in [0.5, 0.6) is 0 Å². The number of carboxylic acid groups (broad SMARTS) is 1. The molecule has 0 fully saturated rings. The molecule has 1 aromatic heterocycles. The number of hydrogen-bond donors (Lipinski definition) is 2. The predicted molar refractivity (Wildman–Crippen MR) is 67.0 cm³/mol. The van der Waals surface area contributed by atoms with Gasteiger partial charge in [0.2, 0.25) is 0 Å². The van der Waals surface area contributed by atoms with E-state index < -0.39 is 17.2 Å². The number of nitriles is 1. The molecule has 0 aliphatic rings. The summed E-state index contributed by atoms with van der Waals surface area (Å²) in [5.74, 6) is -0.818. The molecule has 102 valence electrons. The Labute approximate surface area is 108 Å². The van der Waals surface area contributed by atoms with Crippen LogP contribution in [0.15, 0.2) is 9.59 Å². The van der Waals surface area contributed by atoms with E-state index in [9.17, 15) is 14.4 Å². The Kier molecular flexibility index (Phi) is 4.47. The molecular formula is C11H14N4O4. The van der Waals surface area contributed by atoms with Crippen LogP contribution in [0.3, 0.4) is 0 Å². The van der Waals surface area contributed by atoms with Crippen LogP contribution in [-0.4, -0.2) is 26.8 Å². The van der Waals surface area contributed by atoms with Crippen LogP contribution >= 0.6 is 0 Å². The Morgan fingerprint density at radius 3 is 2.53 bits per heavy atom.